The lowest BCUT2D eigenvalue weighted by molar-refractivity contribution is -0.167. The van der Waals surface area contributed by atoms with Crippen LogP contribution in [-0.4, -0.2) is 18.0 Å². The van der Waals surface area contributed by atoms with Gasteiger partial charge in [-0.2, -0.15) is 13.2 Å². The summed E-state index contributed by atoms with van der Waals surface area (Å²) in [4.78, 5) is 23.4. The van der Waals surface area contributed by atoms with Crippen molar-refractivity contribution >= 4 is 23.2 Å². The number of rotatable bonds is 4. The average molecular weight is 384 g/mol. The predicted octanol–water partition coefficient (Wildman–Crippen LogP) is 5.11. The third kappa shape index (κ3) is 4.76. The van der Waals surface area contributed by atoms with Gasteiger partial charge < -0.3 is 10.6 Å². The summed E-state index contributed by atoms with van der Waals surface area (Å²) in [6, 6.07) is 22.1. The van der Waals surface area contributed by atoms with Crippen LogP contribution in [0.4, 0.5) is 24.5 Å². The number of nitrogens with one attached hydrogen (secondary N) is 2. The van der Waals surface area contributed by atoms with E-state index in [-0.39, 0.29) is 11.4 Å². The van der Waals surface area contributed by atoms with Crippen molar-refractivity contribution in [2.45, 2.75) is 6.18 Å². The SMILES string of the molecule is O=C(Nc1cccc(NC(=O)C(F)(F)F)c1)c1ccc(-c2ccccc2)cc1. The highest BCUT2D eigenvalue weighted by Crippen LogP contribution is 2.22. The predicted molar refractivity (Wildman–Crippen MR) is 101 cm³/mol. The maximum atomic E-state index is 12.4. The van der Waals surface area contributed by atoms with Crippen LogP contribution in [0, 0.1) is 0 Å². The Morgan fingerprint density at radius 3 is 1.86 bits per heavy atom. The van der Waals surface area contributed by atoms with Gasteiger partial charge in [0.05, 0.1) is 0 Å². The molecule has 0 heterocycles. The molecule has 3 aromatic rings. The smallest absolute Gasteiger partial charge is 0.322 e. The molecule has 0 aliphatic rings. The molecule has 3 aromatic carbocycles. The van der Waals surface area contributed by atoms with E-state index >= 15 is 0 Å². The molecule has 0 aliphatic heterocycles. The van der Waals surface area contributed by atoms with E-state index in [0.29, 0.717) is 5.56 Å². The zero-order valence-corrected chi connectivity index (χ0v) is 14.5. The quantitative estimate of drug-likeness (QED) is 0.657. The summed E-state index contributed by atoms with van der Waals surface area (Å²) in [7, 11) is 0. The third-order valence-electron chi connectivity index (χ3n) is 3.89. The van der Waals surface area contributed by atoms with E-state index < -0.39 is 18.0 Å². The van der Waals surface area contributed by atoms with Gasteiger partial charge in [-0.15, -0.1) is 0 Å². The summed E-state index contributed by atoms with van der Waals surface area (Å²) in [5, 5.41) is 4.34. The molecule has 0 aliphatic carbocycles. The zero-order valence-electron chi connectivity index (χ0n) is 14.5. The van der Waals surface area contributed by atoms with Crippen LogP contribution in [0.5, 0.6) is 0 Å². The fourth-order valence-corrected chi connectivity index (χ4v) is 2.52. The summed E-state index contributed by atoms with van der Waals surface area (Å²) < 4.78 is 37.0. The lowest BCUT2D eigenvalue weighted by Gasteiger charge is -2.10. The van der Waals surface area contributed by atoms with Crippen LogP contribution in [0.2, 0.25) is 0 Å². The second-order valence-electron chi connectivity index (χ2n) is 5.93. The Kier molecular flexibility index (Phi) is 5.44. The Morgan fingerprint density at radius 1 is 0.679 bits per heavy atom. The van der Waals surface area contributed by atoms with Crippen LogP contribution in [0.1, 0.15) is 10.4 Å². The zero-order chi connectivity index (χ0) is 20.1. The molecule has 142 valence electrons. The maximum absolute atomic E-state index is 12.4. The number of anilines is 2. The van der Waals surface area contributed by atoms with Gasteiger partial charge in [0.1, 0.15) is 0 Å². The highest BCUT2D eigenvalue weighted by molar-refractivity contribution is 6.05. The number of carbonyl (C=O) groups excluding carboxylic acids is 2. The minimum absolute atomic E-state index is 0.0699. The summed E-state index contributed by atoms with van der Waals surface area (Å²) in [6.45, 7) is 0. The molecular formula is C21H15F3N2O2. The van der Waals surface area contributed by atoms with Crippen LogP contribution in [-0.2, 0) is 4.79 Å². The first kappa shape index (κ1) is 19.2. The first-order valence-corrected chi connectivity index (χ1v) is 8.28. The molecule has 7 heteroatoms. The number of alkyl halides is 3. The first-order chi connectivity index (χ1) is 13.3. The van der Waals surface area contributed by atoms with Crippen molar-refractivity contribution in [2.75, 3.05) is 10.6 Å². The van der Waals surface area contributed by atoms with Crippen molar-refractivity contribution in [2.24, 2.45) is 0 Å². The fraction of sp³-hybridized carbons (Fsp3) is 0.0476. The number of carbonyl (C=O) groups is 2. The molecule has 0 saturated heterocycles. The molecule has 0 aromatic heterocycles. The van der Waals surface area contributed by atoms with Gasteiger partial charge >= 0.3 is 12.1 Å². The van der Waals surface area contributed by atoms with Crippen LogP contribution in [0.15, 0.2) is 78.9 Å². The van der Waals surface area contributed by atoms with Gasteiger partial charge in [0.2, 0.25) is 0 Å². The second kappa shape index (κ2) is 7.96. The largest absolute Gasteiger partial charge is 0.471 e. The van der Waals surface area contributed by atoms with Crippen molar-refractivity contribution in [3.05, 3.63) is 84.4 Å². The first-order valence-electron chi connectivity index (χ1n) is 8.28. The van der Waals surface area contributed by atoms with E-state index in [9.17, 15) is 22.8 Å². The minimum atomic E-state index is -4.99. The molecule has 0 unspecified atom stereocenters. The van der Waals surface area contributed by atoms with Crippen molar-refractivity contribution < 1.29 is 22.8 Å². The average Bonchev–Trinajstić information content (AvgIpc) is 2.68. The van der Waals surface area contributed by atoms with E-state index in [1.54, 1.807) is 17.4 Å². The number of hydrogen-bond donors (Lipinski definition) is 2. The molecule has 3 rings (SSSR count). The standard InChI is InChI=1S/C21H15F3N2O2/c22-21(23,24)20(28)26-18-8-4-7-17(13-18)25-19(27)16-11-9-15(10-12-16)14-5-2-1-3-6-14/h1-13H,(H,25,27)(H,26,28). The Hall–Kier alpha value is -3.61. The lowest BCUT2D eigenvalue weighted by atomic mass is 10.0. The highest BCUT2D eigenvalue weighted by Gasteiger charge is 2.38. The second-order valence-corrected chi connectivity index (χ2v) is 5.93. The molecule has 0 bridgehead atoms. The van der Waals surface area contributed by atoms with Crippen LogP contribution >= 0.6 is 0 Å². The van der Waals surface area contributed by atoms with Gasteiger partial charge in [0.15, 0.2) is 0 Å². The maximum Gasteiger partial charge on any atom is 0.471 e. The number of hydrogen-bond acceptors (Lipinski definition) is 2. The van der Waals surface area contributed by atoms with Crippen LogP contribution in [0.25, 0.3) is 11.1 Å². The van der Waals surface area contributed by atoms with Crippen LogP contribution in [0.3, 0.4) is 0 Å². The van der Waals surface area contributed by atoms with Gasteiger partial charge in [-0.3, -0.25) is 9.59 Å². The van der Waals surface area contributed by atoms with Crippen molar-refractivity contribution in [3.8, 4) is 11.1 Å². The van der Waals surface area contributed by atoms with E-state index in [4.69, 9.17) is 0 Å². The monoisotopic (exact) mass is 384 g/mol. The summed E-state index contributed by atoms with van der Waals surface area (Å²) >= 11 is 0. The molecule has 2 N–H and O–H groups in total. The summed E-state index contributed by atoms with van der Waals surface area (Å²) in [6.07, 6.45) is -4.99. The Balaban J connectivity index is 1.69. The summed E-state index contributed by atoms with van der Waals surface area (Å²) in [5.41, 5.74) is 2.55. The number of benzene rings is 3. The van der Waals surface area contributed by atoms with Gasteiger partial charge in [0, 0.05) is 16.9 Å². The molecule has 28 heavy (non-hydrogen) atoms. The van der Waals surface area contributed by atoms with Gasteiger partial charge in [-0.1, -0.05) is 48.5 Å². The summed E-state index contributed by atoms with van der Waals surface area (Å²) in [5.74, 6) is -2.49. The highest BCUT2D eigenvalue weighted by atomic mass is 19.4. The Labute approximate surface area is 159 Å². The van der Waals surface area contributed by atoms with Crippen molar-refractivity contribution in [3.63, 3.8) is 0 Å². The molecule has 0 fully saturated rings. The van der Waals surface area contributed by atoms with E-state index in [1.165, 1.54) is 24.3 Å². The van der Waals surface area contributed by atoms with Gasteiger partial charge in [-0.25, -0.2) is 0 Å². The molecule has 2 amide bonds. The Morgan fingerprint density at radius 2 is 1.25 bits per heavy atom. The Bertz CT molecular complexity index is 985. The molecule has 4 nitrogen and oxygen atoms in total. The molecule has 0 saturated carbocycles. The molecular weight excluding hydrogens is 369 g/mol. The third-order valence-corrected chi connectivity index (χ3v) is 3.89. The van der Waals surface area contributed by atoms with Crippen LogP contribution < -0.4 is 10.6 Å². The number of halogens is 3. The van der Waals surface area contributed by atoms with E-state index in [0.717, 1.165) is 11.1 Å². The van der Waals surface area contributed by atoms with Gasteiger partial charge in [-0.05, 0) is 41.5 Å². The molecule has 0 spiro atoms. The normalized spacial score (nSPS) is 11.0. The molecule has 0 radical (unpaired) electrons. The van der Waals surface area contributed by atoms with E-state index in [2.05, 4.69) is 5.32 Å². The van der Waals surface area contributed by atoms with Crippen molar-refractivity contribution in [1.82, 2.24) is 0 Å². The topological polar surface area (TPSA) is 58.2 Å². The fourth-order valence-electron chi connectivity index (χ4n) is 2.52. The molecule has 0 atom stereocenters. The van der Waals surface area contributed by atoms with E-state index in [1.807, 2.05) is 42.5 Å². The van der Waals surface area contributed by atoms with Crippen molar-refractivity contribution in [1.29, 1.82) is 0 Å². The minimum Gasteiger partial charge on any atom is -0.322 e. The number of amides is 2. The van der Waals surface area contributed by atoms with Gasteiger partial charge in [0.25, 0.3) is 5.91 Å². The lowest BCUT2D eigenvalue weighted by Crippen LogP contribution is -2.29.